The van der Waals surface area contributed by atoms with Crippen molar-refractivity contribution in [3.63, 3.8) is 0 Å². The molecule has 0 N–H and O–H groups in total. The highest BCUT2D eigenvalue weighted by Crippen LogP contribution is 2.37. The number of alkyl halides is 1. The van der Waals surface area contributed by atoms with Gasteiger partial charge >= 0.3 is 0 Å². The van der Waals surface area contributed by atoms with Gasteiger partial charge in [0.25, 0.3) is 0 Å². The van der Waals surface area contributed by atoms with Gasteiger partial charge < -0.3 is 0 Å². The summed E-state index contributed by atoms with van der Waals surface area (Å²) in [6, 6.07) is 8.61. The molecule has 100 valence electrons. The van der Waals surface area contributed by atoms with E-state index < -0.39 is 0 Å². The Labute approximate surface area is 138 Å². The summed E-state index contributed by atoms with van der Waals surface area (Å²) in [5.41, 5.74) is 2.35. The lowest BCUT2D eigenvalue weighted by Gasteiger charge is -2.14. The number of hydrogen-bond donors (Lipinski definition) is 0. The molecule has 0 aliphatic heterocycles. The van der Waals surface area contributed by atoms with E-state index in [0.29, 0.717) is 20.1 Å². The summed E-state index contributed by atoms with van der Waals surface area (Å²) in [5.74, 6) is -0.324. The topological polar surface area (TPSA) is 0 Å². The first-order chi connectivity index (χ1) is 8.90. The molecule has 19 heavy (non-hydrogen) atoms. The Morgan fingerprint density at radius 2 is 1.79 bits per heavy atom. The van der Waals surface area contributed by atoms with E-state index in [9.17, 15) is 4.39 Å². The highest BCUT2D eigenvalue weighted by molar-refractivity contribution is 9.10. The fraction of sp³-hybridized carbons (Fsp3) is 0.143. The number of aryl methyl sites for hydroxylation is 1. The van der Waals surface area contributed by atoms with Gasteiger partial charge in [-0.1, -0.05) is 51.3 Å². The Morgan fingerprint density at radius 1 is 1.11 bits per heavy atom. The predicted molar refractivity (Wildman–Crippen MR) is 86.1 cm³/mol. The van der Waals surface area contributed by atoms with Crippen LogP contribution in [0.4, 0.5) is 4.39 Å². The van der Waals surface area contributed by atoms with Crippen molar-refractivity contribution in [2.75, 3.05) is 0 Å². The number of benzene rings is 2. The van der Waals surface area contributed by atoms with Crippen LogP contribution in [-0.4, -0.2) is 0 Å². The van der Waals surface area contributed by atoms with Crippen LogP contribution in [0.25, 0.3) is 0 Å². The summed E-state index contributed by atoms with van der Waals surface area (Å²) >= 11 is 18.8. The molecule has 0 heterocycles. The smallest absolute Gasteiger partial charge is 0.129 e. The molecule has 0 spiro atoms. The van der Waals surface area contributed by atoms with E-state index in [4.69, 9.17) is 23.2 Å². The van der Waals surface area contributed by atoms with Crippen LogP contribution >= 0.6 is 55.1 Å². The zero-order valence-corrected chi connectivity index (χ0v) is 14.5. The Kier molecular flexibility index (Phi) is 4.93. The van der Waals surface area contributed by atoms with Gasteiger partial charge in [-0.05, 0) is 52.2 Å². The zero-order chi connectivity index (χ0) is 14.2. The first kappa shape index (κ1) is 15.3. The average Bonchev–Trinajstić information content (AvgIpc) is 2.36. The summed E-state index contributed by atoms with van der Waals surface area (Å²) in [5, 5.41) is 1.13. The van der Waals surface area contributed by atoms with Crippen LogP contribution in [0.5, 0.6) is 0 Å². The third-order valence-corrected chi connectivity index (χ3v) is 5.43. The van der Waals surface area contributed by atoms with Crippen molar-refractivity contribution in [2.45, 2.75) is 11.8 Å². The Morgan fingerprint density at radius 3 is 2.42 bits per heavy atom. The van der Waals surface area contributed by atoms with Crippen LogP contribution in [0.1, 0.15) is 21.5 Å². The molecule has 0 fully saturated rings. The third-order valence-electron chi connectivity index (χ3n) is 2.80. The van der Waals surface area contributed by atoms with Crippen molar-refractivity contribution in [1.82, 2.24) is 0 Å². The van der Waals surface area contributed by atoms with E-state index in [0.717, 1.165) is 11.1 Å². The zero-order valence-electron chi connectivity index (χ0n) is 9.85. The van der Waals surface area contributed by atoms with Crippen molar-refractivity contribution in [2.24, 2.45) is 0 Å². The molecule has 0 radical (unpaired) electrons. The molecular weight excluding hydrogens is 418 g/mol. The number of rotatable bonds is 2. The van der Waals surface area contributed by atoms with Crippen LogP contribution in [0.3, 0.4) is 0 Å². The molecule has 0 aliphatic rings. The SMILES string of the molecule is Cc1ccc(C(Br)c2cc(Cl)c(Br)cc2F)cc1Cl. The van der Waals surface area contributed by atoms with Gasteiger partial charge in [-0.15, -0.1) is 0 Å². The van der Waals surface area contributed by atoms with Crippen molar-refractivity contribution in [1.29, 1.82) is 0 Å². The maximum absolute atomic E-state index is 14.0. The molecule has 0 saturated heterocycles. The van der Waals surface area contributed by atoms with Crippen LogP contribution in [0, 0.1) is 12.7 Å². The van der Waals surface area contributed by atoms with E-state index in [1.54, 1.807) is 6.07 Å². The van der Waals surface area contributed by atoms with Crippen molar-refractivity contribution in [3.8, 4) is 0 Å². The number of hydrogen-bond acceptors (Lipinski definition) is 0. The van der Waals surface area contributed by atoms with Crippen LogP contribution in [0.2, 0.25) is 10.0 Å². The molecule has 1 unspecified atom stereocenters. The molecular formula is C14H9Br2Cl2F. The molecule has 1 atom stereocenters. The monoisotopic (exact) mass is 424 g/mol. The Balaban J connectivity index is 2.46. The lowest BCUT2D eigenvalue weighted by Crippen LogP contribution is -1.97. The van der Waals surface area contributed by atoms with Gasteiger partial charge in [-0.25, -0.2) is 4.39 Å². The van der Waals surface area contributed by atoms with Gasteiger partial charge in [0, 0.05) is 15.1 Å². The highest BCUT2D eigenvalue weighted by atomic mass is 79.9. The van der Waals surface area contributed by atoms with Gasteiger partial charge in [0.2, 0.25) is 0 Å². The van der Waals surface area contributed by atoms with Crippen LogP contribution in [0.15, 0.2) is 34.8 Å². The summed E-state index contributed by atoms with van der Waals surface area (Å²) in [4.78, 5) is -0.295. The van der Waals surface area contributed by atoms with Gasteiger partial charge in [-0.3, -0.25) is 0 Å². The van der Waals surface area contributed by atoms with E-state index >= 15 is 0 Å². The van der Waals surface area contributed by atoms with E-state index in [1.165, 1.54) is 6.07 Å². The molecule has 2 aromatic rings. The Bertz CT molecular complexity index is 629. The molecule has 0 nitrogen and oxygen atoms in total. The average molecular weight is 427 g/mol. The largest absolute Gasteiger partial charge is 0.207 e. The fourth-order valence-corrected chi connectivity index (χ4v) is 2.99. The predicted octanol–water partition coefficient (Wildman–Crippen LogP) is 6.69. The first-order valence-electron chi connectivity index (χ1n) is 5.44. The molecule has 2 rings (SSSR count). The minimum atomic E-state index is -0.324. The summed E-state index contributed by atoms with van der Waals surface area (Å²) in [6.07, 6.45) is 0. The molecule has 0 bridgehead atoms. The van der Waals surface area contributed by atoms with Crippen molar-refractivity contribution >= 4 is 55.1 Å². The Hall–Kier alpha value is -0.0900. The maximum atomic E-state index is 14.0. The number of halogens is 5. The minimum Gasteiger partial charge on any atom is -0.207 e. The van der Waals surface area contributed by atoms with E-state index in [-0.39, 0.29) is 10.6 Å². The minimum absolute atomic E-state index is 0.295. The quantitative estimate of drug-likeness (QED) is 0.370. The van der Waals surface area contributed by atoms with Gasteiger partial charge in [0.05, 0.1) is 9.85 Å². The lowest BCUT2D eigenvalue weighted by molar-refractivity contribution is 0.612. The fourth-order valence-electron chi connectivity index (χ4n) is 1.68. The highest BCUT2D eigenvalue weighted by Gasteiger charge is 2.17. The summed E-state index contributed by atoms with van der Waals surface area (Å²) < 4.78 is 14.5. The van der Waals surface area contributed by atoms with Gasteiger partial charge in [0.1, 0.15) is 5.82 Å². The summed E-state index contributed by atoms with van der Waals surface area (Å²) in [7, 11) is 0. The molecule has 2 aromatic carbocycles. The van der Waals surface area contributed by atoms with Crippen LogP contribution < -0.4 is 0 Å². The second-order valence-corrected chi connectivity index (χ2v) is 6.74. The normalized spacial score (nSPS) is 12.5. The van der Waals surface area contributed by atoms with Gasteiger partial charge in [-0.2, -0.15) is 0 Å². The first-order valence-corrected chi connectivity index (χ1v) is 7.91. The molecule has 0 saturated carbocycles. The molecule has 0 aliphatic carbocycles. The summed E-state index contributed by atoms with van der Waals surface area (Å²) in [6.45, 7) is 1.92. The molecule has 5 heteroatoms. The van der Waals surface area contributed by atoms with Crippen molar-refractivity contribution in [3.05, 3.63) is 67.4 Å². The van der Waals surface area contributed by atoms with Crippen molar-refractivity contribution < 1.29 is 4.39 Å². The van der Waals surface area contributed by atoms with E-state index in [1.807, 2.05) is 25.1 Å². The maximum Gasteiger partial charge on any atom is 0.129 e. The van der Waals surface area contributed by atoms with Gasteiger partial charge in [0.15, 0.2) is 0 Å². The third kappa shape index (κ3) is 3.33. The molecule has 0 amide bonds. The second-order valence-electron chi connectivity index (χ2n) is 4.16. The lowest BCUT2D eigenvalue weighted by atomic mass is 10.0. The second kappa shape index (κ2) is 6.13. The standard InChI is InChI=1S/C14H9Br2Cl2F/c1-7-2-3-8(4-11(7)17)14(16)9-5-12(18)10(15)6-13(9)19/h2-6,14H,1H3. The molecule has 0 aromatic heterocycles. The van der Waals surface area contributed by atoms with E-state index in [2.05, 4.69) is 31.9 Å². The van der Waals surface area contributed by atoms with Crippen LogP contribution in [-0.2, 0) is 0 Å².